The van der Waals surface area contributed by atoms with E-state index in [-0.39, 0.29) is 17.4 Å². The molecule has 0 saturated carbocycles. The number of rotatable bonds is 3. The average Bonchev–Trinajstić information content (AvgIpc) is 2.91. The van der Waals surface area contributed by atoms with Crippen LogP contribution in [0.15, 0.2) is 29.3 Å². The fraction of sp³-hybridized carbons (Fsp3) is 0.312. The Bertz CT molecular complexity index is 786. The molecule has 2 aromatic rings. The molecule has 0 unspecified atom stereocenters. The Balaban J connectivity index is 1.73. The Kier molecular flexibility index (Phi) is 3.91. The summed E-state index contributed by atoms with van der Waals surface area (Å²) >= 11 is 0. The molecule has 0 spiro atoms. The first-order valence-electron chi connectivity index (χ1n) is 7.35. The van der Waals surface area contributed by atoms with Gasteiger partial charge in [-0.2, -0.15) is 0 Å². The van der Waals surface area contributed by atoms with E-state index >= 15 is 0 Å². The molecule has 2 heterocycles. The molecule has 114 valence electrons. The van der Waals surface area contributed by atoms with Crippen LogP contribution in [0.25, 0.3) is 6.08 Å². The SMILES string of the molecule is Cn1ccc(/C=C/C(=O)Nc2nc3c(c(=O)[nH]2)CCCC3)c1. The van der Waals surface area contributed by atoms with Crippen molar-refractivity contribution in [1.82, 2.24) is 14.5 Å². The van der Waals surface area contributed by atoms with Gasteiger partial charge in [0, 0.05) is 31.1 Å². The van der Waals surface area contributed by atoms with Gasteiger partial charge in [-0.3, -0.25) is 19.9 Å². The van der Waals surface area contributed by atoms with E-state index in [1.54, 1.807) is 6.08 Å². The van der Waals surface area contributed by atoms with Crippen molar-refractivity contribution in [2.24, 2.45) is 7.05 Å². The number of nitrogens with one attached hydrogen (secondary N) is 2. The minimum Gasteiger partial charge on any atom is -0.357 e. The van der Waals surface area contributed by atoms with Crippen LogP contribution in [0.4, 0.5) is 5.95 Å². The van der Waals surface area contributed by atoms with Gasteiger partial charge in [0.15, 0.2) is 0 Å². The Morgan fingerprint density at radius 3 is 3.00 bits per heavy atom. The van der Waals surface area contributed by atoms with Crippen molar-refractivity contribution in [2.75, 3.05) is 5.32 Å². The molecule has 6 heteroatoms. The van der Waals surface area contributed by atoms with E-state index in [2.05, 4.69) is 15.3 Å². The first-order chi connectivity index (χ1) is 10.6. The molecular weight excluding hydrogens is 280 g/mol. The number of nitrogens with zero attached hydrogens (tertiary/aromatic N) is 2. The van der Waals surface area contributed by atoms with E-state index in [1.165, 1.54) is 6.08 Å². The summed E-state index contributed by atoms with van der Waals surface area (Å²) in [7, 11) is 1.92. The number of aromatic nitrogens is 3. The third kappa shape index (κ3) is 3.16. The highest BCUT2D eigenvalue weighted by Gasteiger charge is 2.15. The van der Waals surface area contributed by atoms with E-state index in [1.807, 2.05) is 30.1 Å². The Labute approximate surface area is 127 Å². The van der Waals surface area contributed by atoms with Crippen LogP contribution in [-0.2, 0) is 24.7 Å². The van der Waals surface area contributed by atoms with Crippen LogP contribution in [0.5, 0.6) is 0 Å². The Morgan fingerprint density at radius 1 is 1.41 bits per heavy atom. The first-order valence-corrected chi connectivity index (χ1v) is 7.35. The first kappa shape index (κ1) is 14.3. The molecule has 0 saturated heterocycles. The van der Waals surface area contributed by atoms with Gasteiger partial charge in [-0.1, -0.05) is 0 Å². The molecule has 0 bridgehead atoms. The van der Waals surface area contributed by atoms with Crippen molar-refractivity contribution in [3.05, 3.63) is 51.7 Å². The molecule has 6 nitrogen and oxygen atoms in total. The zero-order valence-electron chi connectivity index (χ0n) is 12.4. The molecule has 2 aromatic heterocycles. The van der Waals surface area contributed by atoms with Gasteiger partial charge in [0.05, 0.1) is 5.69 Å². The van der Waals surface area contributed by atoms with Gasteiger partial charge in [0.2, 0.25) is 5.95 Å². The average molecular weight is 298 g/mol. The summed E-state index contributed by atoms with van der Waals surface area (Å²) in [5.74, 6) is -0.101. The molecule has 1 aliphatic carbocycles. The number of carbonyl (C=O) groups is 1. The topological polar surface area (TPSA) is 79.8 Å². The van der Waals surface area contributed by atoms with E-state index in [0.717, 1.165) is 42.5 Å². The van der Waals surface area contributed by atoms with E-state index in [9.17, 15) is 9.59 Å². The number of carbonyl (C=O) groups excluding carboxylic acids is 1. The van der Waals surface area contributed by atoms with Crippen molar-refractivity contribution in [2.45, 2.75) is 25.7 Å². The van der Waals surface area contributed by atoms with Crippen LogP contribution >= 0.6 is 0 Å². The smallest absolute Gasteiger partial charge is 0.255 e. The van der Waals surface area contributed by atoms with Gasteiger partial charge in [0.25, 0.3) is 11.5 Å². The molecule has 0 aliphatic heterocycles. The third-order valence-corrected chi connectivity index (χ3v) is 3.72. The summed E-state index contributed by atoms with van der Waals surface area (Å²) in [5, 5.41) is 2.61. The second kappa shape index (κ2) is 6.01. The predicted molar refractivity (Wildman–Crippen MR) is 84.6 cm³/mol. The predicted octanol–water partition coefficient (Wildman–Crippen LogP) is 1.64. The standard InChI is InChI=1S/C16H18N4O2/c1-20-9-8-11(10-20)6-7-14(21)18-16-17-13-5-3-2-4-12(13)15(22)19-16/h6-10H,2-5H2,1H3,(H2,17,18,19,21,22)/b7-6+. The Morgan fingerprint density at radius 2 is 2.23 bits per heavy atom. The highest BCUT2D eigenvalue weighted by molar-refractivity contribution is 6.00. The summed E-state index contributed by atoms with van der Waals surface area (Å²) < 4.78 is 1.90. The molecule has 0 atom stereocenters. The normalized spacial score (nSPS) is 14.0. The largest absolute Gasteiger partial charge is 0.357 e. The lowest BCUT2D eigenvalue weighted by molar-refractivity contribution is -0.111. The van der Waals surface area contributed by atoms with Crippen molar-refractivity contribution >= 4 is 17.9 Å². The van der Waals surface area contributed by atoms with Crippen LogP contribution in [0, 0.1) is 0 Å². The van der Waals surface area contributed by atoms with Gasteiger partial charge in [-0.25, -0.2) is 4.98 Å². The summed E-state index contributed by atoms with van der Waals surface area (Å²) in [6.45, 7) is 0. The quantitative estimate of drug-likeness (QED) is 0.845. The number of amides is 1. The van der Waals surface area contributed by atoms with Crippen LogP contribution in [0.2, 0.25) is 0 Å². The number of H-pyrrole nitrogens is 1. The minimum atomic E-state index is -0.317. The molecule has 3 rings (SSSR count). The van der Waals surface area contributed by atoms with Gasteiger partial charge in [-0.05, 0) is 43.4 Å². The maximum atomic E-state index is 12.0. The second-order valence-corrected chi connectivity index (χ2v) is 5.48. The van der Waals surface area contributed by atoms with Crippen LogP contribution < -0.4 is 10.9 Å². The van der Waals surface area contributed by atoms with E-state index < -0.39 is 0 Å². The van der Waals surface area contributed by atoms with Crippen LogP contribution in [-0.4, -0.2) is 20.4 Å². The number of hydrogen-bond acceptors (Lipinski definition) is 3. The number of aromatic amines is 1. The van der Waals surface area contributed by atoms with Crippen molar-refractivity contribution < 1.29 is 4.79 Å². The molecule has 1 aliphatic rings. The minimum absolute atomic E-state index is 0.146. The molecule has 0 aromatic carbocycles. The second-order valence-electron chi connectivity index (χ2n) is 5.48. The lowest BCUT2D eigenvalue weighted by Crippen LogP contribution is -2.24. The lowest BCUT2D eigenvalue weighted by Gasteiger charge is -2.14. The summed E-state index contributed by atoms with van der Waals surface area (Å²) in [6.07, 6.45) is 10.6. The van der Waals surface area contributed by atoms with E-state index in [4.69, 9.17) is 0 Å². The van der Waals surface area contributed by atoms with Gasteiger partial charge < -0.3 is 4.57 Å². The summed E-state index contributed by atoms with van der Waals surface area (Å²) in [5.41, 5.74) is 2.35. The Hall–Kier alpha value is -2.63. The van der Waals surface area contributed by atoms with Crippen LogP contribution in [0.1, 0.15) is 29.7 Å². The number of aryl methyl sites for hydroxylation is 2. The van der Waals surface area contributed by atoms with Gasteiger partial charge in [0.1, 0.15) is 0 Å². The third-order valence-electron chi connectivity index (χ3n) is 3.72. The highest BCUT2D eigenvalue weighted by Crippen LogP contribution is 2.16. The van der Waals surface area contributed by atoms with Gasteiger partial charge in [-0.15, -0.1) is 0 Å². The molecule has 0 radical (unpaired) electrons. The molecule has 1 amide bonds. The molecule has 22 heavy (non-hydrogen) atoms. The van der Waals surface area contributed by atoms with E-state index in [0.29, 0.717) is 0 Å². The highest BCUT2D eigenvalue weighted by atomic mass is 16.2. The molecular formula is C16H18N4O2. The lowest BCUT2D eigenvalue weighted by atomic mass is 9.97. The van der Waals surface area contributed by atoms with Crippen molar-refractivity contribution in [3.63, 3.8) is 0 Å². The fourth-order valence-electron chi connectivity index (χ4n) is 2.62. The van der Waals surface area contributed by atoms with Gasteiger partial charge >= 0.3 is 0 Å². The monoisotopic (exact) mass is 298 g/mol. The van der Waals surface area contributed by atoms with Crippen molar-refractivity contribution in [1.29, 1.82) is 0 Å². The fourth-order valence-corrected chi connectivity index (χ4v) is 2.62. The maximum Gasteiger partial charge on any atom is 0.255 e. The summed E-state index contributed by atoms with van der Waals surface area (Å²) in [6, 6.07) is 1.91. The zero-order valence-corrected chi connectivity index (χ0v) is 12.4. The van der Waals surface area contributed by atoms with Crippen molar-refractivity contribution in [3.8, 4) is 0 Å². The number of anilines is 1. The van der Waals surface area contributed by atoms with Crippen LogP contribution in [0.3, 0.4) is 0 Å². The molecule has 2 N–H and O–H groups in total. The maximum absolute atomic E-state index is 12.0. The summed E-state index contributed by atoms with van der Waals surface area (Å²) in [4.78, 5) is 30.9. The number of fused-ring (bicyclic) bond motifs is 1. The number of hydrogen-bond donors (Lipinski definition) is 2. The zero-order chi connectivity index (χ0) is 15.5. The molecule has 0 fully saturated rings.